The Morgan fingerprint density at radius 1 is 1.39 bits per heavy atom. The molecule has 3 nitrogen and oxygen atoms in total. The number of aryl methyl sites for hydroxylation is 1. The van der Waals surface area contributed by atoms with Crippen LogP contribution in [0.2, 0.25) is 0 Å². The first kappa shape index (κ1) is 14.6. The van der Waals surface area contributed by atoms with Gasteiger partial charge in [-0.15, -0.1) is 0 Å². The summed E-state index contributed by atoms with van der Waals surface area (Å²) in [5.41, 5.74) is 6.03. The van der Waals surface area contributed by atoms with Gasteiger partial charge in [0.05, 0.1) is 0 Å². The van der Waals surface area contributed by atoms with Crippen molar-refractivity contribution in [3.05, 3.63) is 35.4 Å². The summed E-state index contributed by atoms with van der Waals surface area (Å²) in [7, 11) is 0. The van der Waals surface area contributed by atoms with Crippen molar-refractivity contribution in [1.82, 2.24) is 5.32 Å². The lowest BCUT2D eigenvalue weighted by molar-refractivity contribution is -0.121. The van der Waals surface area contributed by atoms with Crippen molar-refractivity contribution in [2.75, 3.05) is 13.1 Å². The van der Waals surface area contributed by atoms with Gasteiger partial charge >= 0.3 is 0 Å². The molecule has 5 heteroatoms. The number of nitrogens with two attached hydrogens (primary N) is 1. The third-order valence-corrected chi connectivity index (χ3v) is 2.67. The molecule has 0 aromatic heterocycles. The number of amides is 1. The highest BCUT2D eigenvalue weighted by atomic mass is 19.2. The molecule has 0 saturated carbocycles. The minimum Gasteiger partial charge on any atom is -0.356 e. The second-order valence-electron chi connectivity index (χ2n) is 4.39. The van der Waals surface area contributed by atoms with Crippen LogP contribution >= 0.6 is 0 Å². The van der Waals surface area contributed by atoms with Gasteiger partial charge in [0.25, 0.3) is 0 Å². The summed E-state index contributed by atoms with van der Waals surface area (Å²) in [4.78, 5) is 11.5. The molecule has 1 amide bonds. The zero-order valence-electron chi connectivity index (χ0n) is 10.4. The van der Waals surface area contributed by atoms with Crippen LogP contribution in [0.5, 0.6) is 0 Å². The SMILES string of the molecule is CC(CN)CNC(=O)CCc1ccc(F)c(F)c1. The number of benzene rings is 1. The number of carbonyl (C=O) groups is 1. The summed E-state index contributed by atoms with van der Waals surface area (Å²) >= 11 is 0. The number of hydrogen-bond donors (Lipinski definition) is 2. The molecule has 0 heterocycles. The van der Waals surface area contributed by atoms with Crippen molar-refractivity contribution in [3.63, 3.8) is 0 Å². The van der Waals surface area contributed by atoms with E-state index in [-0.39, 0.29) is 18.2 Å². The summed E-state index contributed by atoms with van der Waals surface area (Å²) in [6, 6.07) is 3.67. The molecule has 1 unspecified atom stereocenters. The summed E-state index contributed by atoms with van der Waals surface area (Å²) in [5.74, 6) is -1.64. The van der Waals surface area contributed by atoms with Crippen LogP contribution in [0, 0.1) is 17.6 Å². The monoisotopic (exact) mass is 256 g/mol. The highest BCUT2D eigenvalue weighted by molar-refractivity contribution is 5.76. The minimum atomic E-state index is -0.885. The lowest BCUT2D eigenvalue weighted by Crippen LogP contribution is -2.31. The molecule has 0 saturated heterocycles. The quantitative estimate of drug-likeness (QED) is 0.812. The molecule has 1 rings (SSSR count). The van der Waals surface area contributed by atoms with Crippen molar-refractivity contribution in [2.24, 2.45) is 11.7 Å². The summed E-state index contributed by atoms with van der Waals surface area (Å²) < 4.78 is 25.6. The summed E-state index contributed by atoms with van der Waals surface area (Å²) in [6.45, 7) is 2.99. The number of rotatable bonds is 6. The van der Waals surface area contributed by atoms with Crippen molar-refractivity contribution < 1.29 is 13.6 Å². The zero-order valence-corrected chi connectivity index (χ0v) is 10.4. The molecule has 18 heavy (non-hydrogen) atoms. The number of nitrogens with one attached hydrogen (secondary N) is 1. The smallest absolute Gasteiger partial charge is 0.220 e. The molecule has 0 bridgehead atoms. The molecule has 0 aliphatic carbocycles. The maximum Gasteiger partial charge on any atom is 0.220 e. The highest BCUT2D eigenvalue weighted by Crippen LogP contribution is 2.10. The van der Waals surface area contributed by atoms with Gasteiger partial charge in [0.1, 0.15) is 0 Å². The third kappa shape index (κ3) is 4.79. The molecule has 100 valence electrons. The van der Waals surface area contributed by atoms with Gasteiger partial charge in [-0.3, -0.25) is 4.79 Å². The van der Waals surface area contributed by atoms with Crippen LogP contribution in [-0.2, 0) is 11.2 Å². The lowest BCUT2D eigenvalue weighted by Gasteiger charge is -2.10. The lowest BCUT2D eigenvalue weighted by atomic mass is 10.1. The maximum atomic E-state index is 12.9. The molecule has 0 fully saturated rings. The zero-order chi connectivity index (χ0) is 13.5. The van der Waals surface area contributed by atoms with Crippen LogP contribution in [0.15, 0.2) is 18.2 Å². The molecule has 0 radical (unpaired) electrons. The van der Waals surface area contributed by atoms with E-state index in [1.165, 1.54) is 6.07 Å². The molecule has 3 N–H and O–H groups in total. The van der Waals surface area contributed by atoms with Crippen LogP contribution in [-0.4, -0.2) is 19.0 Å². The summed E-state index contributed by atoms with van der Waals surface area (Å²) in [5, 5.41) is 2.74. The van der Waals surface area contributed by atoms with Crippen molar-refractivity contribution in [2.45, 2.75) is 19.8 Å². The van der Waals surface area contributed by atoms with Gasteiger partial charge in [0.2, 0.25) is 5.91 Å². The van der Waals surface area contributed by atoms with Gasteiger partial charge in [-0.25, -0.2) is 8.78 Å². The Kier molecular flexibility index (Phi) is 5.71. The molecule has 1 aromatic carbocycles. The van der Waals surface area contributed by atoms with Crippen molar-refractivity contribution >= 4 is 5.91 Å². The molecule has 0 aliphatic heterocycles. The molecular formula is C13H18F2N2O. The normalized spacial score (nSPS) is 12.2. The second kappa shape index (κ2) is 7.06. The highest BCUT2D eigenvalue weighted by Gasteiger charge is 2.06. The average molecular weight is 256 g/mol. The minimum absolute atomic E-state index is 0.111. The molecule has 0 spiro atoms. The van der Waals surface area contributed by atoms with E-state index in [9.17, 15) is 13.6 Å². The van der Waals surface area contributed by atoms with E-state index >= 15 is 0 Å². The molecular weight excluding hydrogens is 238 g/mol. The van der Waals surface area contributed by atoms with Gasteiger partial charge in [0.15, 0.2) is 11.6 Å². The number of carbonyl (C=O) groups excluding carboxylic acids is 1. The predicted octanol–water partition coefficient (Wildman–Crippen LogP) is 1.61. The molecule has 1 atom stereocenters. The Bertz CT molecular complexity index is 410. The van der Waals surface area contributed by atoms with Crippen molar-refractivity contribution in [3.8, 4) is 0 Å². The maximum absolute atomic E-state index is 12.9. The van der Waals surface area contributed by atoms with E-state index in [0.29, 0.717) is 25.1 Å². The van der Waals surface area contributed by atoms with Crippen LogP contribution in [0.1, 0.15) is 18.9 Å². The van der Waals surface area contributed by atoms with Crippen LogP contribution in [0.25, 0.3) is 0 Å². The van der Waals surface area contributed by atoms with E-state index in [4.69, 9.17) is 5.73 Å². The fraction of sp³-hybridized carbons (Fsp3) is 0.462. The first-order valence-electron chi connectivity index (χ1n) is 5.93. The van der Waals surface area contributed by atoms with E-state index in [1.54, 1.807) is 0 Å². The fourth-order valence-corrected chi connectivity index (χ4v) is 1.41. The largest absolute Gasteiger partial charge is 0.356 e. The number of hydrogen-bond acceptors (Lipinski definition) is 2. The van der Waals surface area contributed by atoms with E-state index < -0.39 is 11.6 Å². The Balaban J connectivity index is 2.36. The Morgan fingerprint density at radius 2 is 2.11 bits per heavy atom. The van der Waals surface area contributed by atoms with Crippen LogP contribution in [0.4, 0.5) is 8.78 Å². The topological polar surface area (TPSA) is 55.1 Å². The van der Waals surface area contributed by atoms with Crippen LogP contribution < -0.4 is 11.1 Å². The first-order chi connectivity index (χ1) is 8.52. The number of halogens is 2. The van der Waals surface area contributed by atoms with Gasteiger partial charge < -0.3 is 11.1 Å². The van der Waals surface area contributed by atoms with Gasteiger partial charge in [-0.05, 0) is 36.6 Å². The fourth-order valence-electron chi connectivity index (χ4n) is 1.41. The van der Waals surface area contributed by atoms with Crippen molar-refractivity contribution in [1.29, 1.82) is 0 Å². The Morgan fingerprint density at radius 3 is 2.72 bits per heavy atom. The summed E-state index contributed by atoms with van der Waals surface area (Å²) in [6.07, 6.45) is 0.641. The predicted molar refractivity (Wildman–Crippen MR) is 65.9 cm³/mol. The average Bonchev–Trinajstić information content (AvgIpc) is 2.37. The third-order valence-electron chi connectivity index (χ3n) is 2.67. The molecule has 0 aliphatic rings. The van der Waals surface area contributed by atoms with Gasteiger partial charge in [-0.2, -0.15) is 0 Å². The van der Waals surface area contributed by atoms with E-state index in [1.807, 2.05) is 6.92 Å². The molecule has 1 aromatic rings. The standard InChI is InChI=1S/C13H18F2N2O/c1-9(7-16)8-17-13(18)5-3-10-2-4-11(14)12(15)6-10/h2,4,6,9H,3,5,7-8,16H2,1H3,(H,17,18). The Hall–Kier alpha value is -1.49. The van der Waals surface area contributed by atoms with Gasteiger partial charge in [0, 0.05) is 13.0 Å². The van der Waals surface area contributed by atoms with Gasteiger partial charge in [-0.1, -0.05) is 13.0 Å². The first-order valence-corrected chi connectivity index (χ1v) is 5.93. The van der Waals surface area contributed by atoms with E-state index in [2.05, 4.69) is 5.32 Å². The second-order valence-corrected chi connectivity index (χ2v) is 4.39. The Labute approximate surface area is 105 Å². The van der Waals surface area contributed by atoms with Crippen LogP contribution in [0.3, 0.4) is 0 Å². The van der Waals surface area contributed by atoms with E-state index in [0.717, 1.165) is 12.1 Å².